The number of aromatic nitrogens is 4. The maximum absolute atomic E-state index is 11.6. The van der Waals surface area contributed by atoms with Crippen LogP contribution in [0.2, 0.25) is 0 Å². The molecule has 0 aromatic carbocycles. The first-order chi connectivity index (χ1) is 17.9. The summed E-state index contributed by atoms with van der Waals surface area (Å²) < 4.78 is 21.0. The fourth-order valence-electron chi connectivity index (χ4n) is 2.88. The van der Waals surface area contributed by atoms with Crippen molar-refractivity contribution in [3.63, 3.8) is 0 Å². The van der Waals surface area contributed by atoms with Crippen molar-refractivity contribution in [2.45, 2.75) is 19.3 Å². The second-order valence-corrected chi connectivity index (χ2v) is 7.73. The first kappa shape index (κ1) is 35.4. The molecule has 212 valence electrons. The zero-order valence-electron chi connectivity index (χ0n) is 21.4. The first-order valence-electron chi connectivity index (χ1n) is 10.9. The summed E-state index contributed by atoms with van der Waals surface area (Å²) in [5, 5.41) is 0.912. The second kappa shape index (κ2) is 19.4. The van der Waals surface area contributed by atoms with Gasteiger partial charge in [-0.05, 0) is 35.4 Å². The minimum absolute atomic E-state index is 0. The quantitative estimate of drug-likeness (QED) is 0.196. The van der Waals surface area contributed by atoms with Crippen molar-refractivity contribution in [3.8, 4) is 11.5 Å². The molecule has 0 spiro atoms. The maximum atomic E-state index is 11.6. The third-order valence-corrected chi connectivity index (χ3v) is 5.45. The lowest BCUT2D eigenvalue weighted by Crippen LogP contribution is -2.10. The Bertz CT molecular complexity index is 1230. The molecule has 1 N–H and O–H groups in total. The smallest absolute Gasteiger partial charge is 0.354 e. The number of nitrogens with one attached hydrogen (secondary N) is 1. The molecular formula is C27H34Br2N4O6. The predicted molar refractivity (Wildman–Crippen MR) is 158 cm³/mol. The van der Waals surface area contributed by atoms with Gasteiger partial charge in [0.25, 0.3) is 0 Å². The fourth-order valence-corrected chi connectivity index (χ4v) is 3.25. The van der Waals surface area contributed by atoms with Crippen molar-refractivity contribution in [1.82, 2.24) is 19.5 Å². The molecule has 0 bridgehead atoms. The summed E-state index contributed by atoms with van der Waals surface area (Å²) >= 11 is 3.33. The number of esters is 2. The van der Waals surface area contributed by atoms with Gasteiger partial charge < -0.3 is 28.5 Å². The highest BCUT2D eigenvalue weighted by Crippen LogP contribution is 2.18. The number of halogens is 2. The lowest BCUT2D eigenvalue weighted by molar-refractivity contribution is 0.0582. The van der Waals surface area contributed by atoms with Crippen molar-refractivity contribution in [2.24, 2.45) is 0 Å². The molecular weight excluding hydrogens is 636 g/mol. The lowest BCUT2D eigenvalue weighted by atomic mass is 10.2. The molecule has 0 atom stereocenters. The van der Waals surface area contributed by atoms with Crippen molar-refractivity contribution < 1.29 is 28.5 Å². The van der Waals surface area contributed by atoms with Crippen LogP contribution < -0.4 is 9.47 Å². The molecule has 10 nitrogen and oxygen atoms in total. The summed E-state index contributed by atoms with van der Waals surface area (Å²) in [7, 11) is 5.78. The van der Waals surface area contributed by atoms with Gasteiger partial charge in [-0.25, -0.2) is 9.59 Å². The Balaban J connectivity index is 0.000000591. The van der Waals surface area contributed by atoms with Gasteiger partial charge in [-0.3, -0.25) is 9.97 Å². The minimum atomic E-state index is -0.395. The highest BCUT2D eigenvalue weighted by molar-refractivity contribution is 9.08. The van der Waals surface area contributed by atoms with Gasteiger partial charge in [0.15, 0.2) is 0 Å². The average molecular weight is 670 g/mol. The van der Waals surface area contributed by atoms with Crippen LogP contribution in [0.4, 0.5) is 0 Å². The van der Waals surface area contributed by atoms with Crippen LogP contribution in [-0.4, -0.2) is 59.9 Å². The van der Waals surface area contributed by atoms with Crippen LogP contribution in [0.25, 0.3) is 0 Å². The Morgan fingerprint density at radius 3 is 1.82 bits per heavy atom. The zero-order chi connectivity index (χ0) is 27.0. The fraction of sp³-hybridized carbons (Fsp3) is 0.259. The molecule has 0 radical (unpaired) electrons. The third kappa shape index (κ3) is 11.7. The SMILES string of the molecule is Br.BrCc1ccncc1.C.COC(=O)c1cc(OC)c[nH]1.COC(=O)c1cc(OC)cn1Cc1ccncc1. The van der Waals surface area contributed by atoms with E-state index in [0.717, 1.165) is 10.9 Å². The number of alkyl halides is 1. The lowest BCUT2D eigenvalue weighted by Gasteiger charge is -2.06. The van der Waals surface area contributed by atoms with Gasteiger partial charge in [0.2, 0.25) is 0 Å². The maximum Gasteiger partial charge on any atom is 0.354 e. The van der Waals surface area contributed by atoms with Crippen molar-refractivity contribution >= 4 is 44.9 Å². The van der Waals surface area contributed by atoms with E-state index in [2.05, 4.69) is 35.6 Å². The highest BCUT2D eigenvalue weighted by atomic mass is 79.9. The summed E-state index contributed by atoms with van der Waals surface area (Å²) in [5.41, 5.74) is 3.17. The average Bonchev–Trinajstić information content (AvgIpc) is 3.61. The summed E-state index contributed by atoms with van der Waals surface area (Å²) in [5.74, 6) is 0.468. The largest absolute Gasteiger partial charge is 0.495 e. The van der Waals surface area contributed by atoms with Crippen LogP contribution in [0.5, 0.6) is 11.5 Å². The normalized spacial score (nSPS) is 9.15. The van der Waals surface area contributed by atoms with Gasteiger partial charge in [0.05, 0.1) is 28.4 Å². The molecule has 4 aromatic rings. The number of H-pyrrole nitrogens is 1. The molecule has 4 aromatic heterocycles. The van der Waals surface area contributed by atoms with Crippen molar-refractivity contribution in [3.05, 3.63) is 96.1 Å². The number of methoxy groups -OCH3 is 4. The second-order valence-electron chi connectivity index (χ2n) is 7.17. The zero-order valence-corrected chi connectivity index (χ0v) is 24.7. The number of ether oxygens (including phenoxy) is 4. The van der Waals surface area contributed by atoms with Gasteiger partial charge in [-0.2, -0.15) is 0 Å². The molecule has 0 saturated carbocycles. The van der Waals surface area contributed by atoms with Gasteiger partial charge >= 0.3 is 11.9 Å². The first-order valence-corrected chi connectivity index (χ1v) is 12.0. The molecule has 4 heterocycles. The summed E-state index contributed by atoms with van der Waals surface area (Å²) in [6.45, 7) is 0.566. The van der Waals surface area contributed by atoms with E-state index in [-0.39, 0.29) is 30.4 Å². The van der Waals surface area contributed by atoms with E-state index in [1.54, 1.807) is 61.0 Å². The minimum Gasteiger partial charge on any atom is -0.495 e. The molecule has 0 unspecified atom stereocenters. The third-order valence-electron chi connectivity index (χ3n) is 4.81. The molecule has 0 aliphatic heterocycles. The van der Waals surface area contributed by atoms with Crippen molar-refractivity contribution in [1.29, 1.82) is 0 Å². The predicted octanol–water partition coefficient (Wildman–Crippen LogP) is 5.73. The van der Waals surface area contributed by atoms with E-state index in [4.69, 9.17) is 14.2 Å². The number of hydrogen-bond acceptors (Lipinski definition) is 8. The topological polar surface area (TPSA) is 118 Å². The van der Waals surface area contributed by atoms with Gasteiger partial charge in [0.1, 0.15) is 22.9 Å². The molecule has 0 amide bonds. The molecule has 0 aliphatic rings. The van der Waals surface area contributed by atoms with Crippen LogP contribution in [0.3, 0.4) is 0 Å². The van der Waals surface area contributed by atoms with E-state index >= 15 is 0 Å². The van der Waals surface area contributed by atoms with Gasteiger partial charge in [0, 0.05) is 61.2 Å². The van der Waals surface area contributed by atoms with E-state index in [1.807, 2.05) is 24.3 Å². The number of nitrogens with zero attached hydrogens (tertiary/aromatic N) is 3. The molecule has 4 rings (SSSR count). The molecule has 39 heavy (non-hydrogen) atoms. The summed E-state index contributed by atoms with van der Waals surface area (Å²) in [4.78, 5) is 33.0. The van der Waals surface area contributed by atoms with Crippen LogP contribution in [0, 0.1) is 0 Å². The van der Waals surface area contributed by atoms with Crippen LogP contribution in [0.1, 0.15) is 39.5 Å². The standard InChI is InChI=1S/C13H14N2O3.C7H9NO3.C6H6BrN.CH4.BrH/c1-17-11-7-12(13(16)18-2)15(9-11)8-10-3-5-14-6-4-10;1-10-5-3-6(8-4-5)7(9)11-2;7-5-6-1-3-8-4-2-6;;/h3-7,9H,8H2,1-2H3;3-4,8H,1-2H3;1-4H,5H2;1H4;1H. The summed E-state index contributed by atoms with van der Waals surface area (Å²) in [6, 6.07) is 11.0. The Kier molecular flexibility index (Phi) is 17.6. The van der Waals surface area contributed by atoms with Crippen LogP contribution in [-0.2, 0) is 21.3 Å². The highest BCUT2D eigenvalue weighted by Gasteiger charge is 2.14. The number of carbonyl (C=O) groups excluding carboxylic acids is 2. The monoisotopic (exact) mass is 668 g/mol. The summed E-state index contributed by atoms with van der Waals surface area (Å²) in [6.07, 6.45) is 10.4. The number of rotatable bonds is 7. The number of carbonyl (C=O) groups is 2. The van der Waals surface area contributed by atoms with E-state index in [0.29, 0.717) is 29.4 Å². The van der Waals surface area contributed by atoms with E-state index in [1.165, 1.54) is 26.9 Å². The Morgan fingerprint density at radius 1 is 0.846 bits per heavy atom. The number of pyridine rings is 2. The van der Waals surface area contributed by atoms with Crippen molar-refractivity contribution in [2.75, 3.05) is 28.4 Å². The van der Waals surface area contributed by atoms with E-state index in [9.17, 15) is 9.59 Å². The van der Waals surface area contributed by atoms with E-state index < -0.39 is 5.97 Å². The van der Waals surface area contributed by atoms with Crippen LogP contribution in [0.15, 0.2) is 73.6 Å². The molecule has 0 saturated heterocycles. The Morgan fingerprint density at radius 2 is 1.38 bits per heavy atom. The molecule has 0 aliphatic carbocycles. The van der Waals surface area contributed by atoms with Crippen LogP contribution >= 0.6 is 32.9 Å². The van der Waals surface area contributed by atoms with Gasteiger partial charge in [-0.1, -0.05) is 23.4 Å². The Hall–Kier alpha value is -3.64. The number of hydrogen-bond donors (Lipinski definition) is 1. The van der Waals surface area contributed by atoms with Gasteiger partial charge in [-0.15, -0.1) is 17.0 Å². The number of aromatic amines is 1. The molecule has 0 fully saturated rings. The molecule has 12 heteroatoms. The Labute approximate surface area is 247 Å².